The fourth-order valence-corrected chi connectivity index (χ4v) is 3.78. The number of benzene rings is 1. The van der Waals surface area contributed by atoms with Crippen molar-refractivity contribution in [2.45, 2.75) is 39.0 Å². The largest absolute Gasteiger partial charge is 0.433 e. The Morgan fingerprint density at radius 1 is 1.17 bits per heavy atom. The van der Waals surface area contributed by atoms with Crippen molar-refractivity contribution in [3.63, 3.8) is 0 Å². The minimum atomic E-state index is -4.59. The molecule has 1 unspecified atom stereocenters. The van der Waals surface area contributed by atoms with Crippen molar-refractivity contribution in [1.82, 2.24) is 20.6 Å². The maximum absolute atomic E-state index is 14.2. The second kappa shape index (κ2) is 11.7. The first-order chi connectivity index (χ1) is 16.5. The normalized spacial score (nSPS) is 15.7. The highest BCUT2D eigenvalue weighted by molar-refractivity contribution is 7.77. The number of urea groups is 1. The lowest BCUT2D eigenvalue weighted by Gasteiger charge is -2.33. The number of hydrogen-bond donors (Lipinski definition) is 5. The predicted octanol–water partition coefficient (Wildman–Crippen LogP) is 3.53. The maximum Gasteiger partial charge on any atom is 0.433 e. The molecule has 2 aromatic rings. The van der Waals surface area contributed by atoms with Crippen LogP contribution in [0.25, 0.3) is 0 Å². The lowest BCUT2D eigenvalue weighted by molar-refractivity contribution is -0.141. The van der Waals surface area contributed by atoms with Crippen LogP contribution in [0.3, 0.4) is 0 Å². The molecule has 1 saturated heterocycles. The van der Waals surface area contributed by atoms with Gasteiger partial charge in [-0.25, -0.2) is 23.8 Å². The molecule has 14 heteroatoms. The molecule has 2 heterocycles. The Bertz CT molecular complexity index is 1060. The zero-order valence-electron chi connectivity index (χ0n) is 18.8. The Kier molecular flexibility index (Phi) is 8.99. The highest BCUT2D eigenvalue weighted by atomic mass is 32.2. The first-order valence-electron chi connectivity index (χ1n) is 10.8. The summed E-state index contributed by atoms with van der Waals surface area (Å²) in [6, 6.07) is 5.41. The van der Waals surface area contributed by atoms with Gasteiger partial charge in [-0.05, 0) is 37.0 Å². The van der Waals surface area contributed by atoms with E-state index in [1.54, 1.807) is 4.90 Å². The molecule has 3 rings (SSSR count). The average Bonchev–Trinajstić information content (AvgIpc) is 2.79. The number of halogens is 4. The first-order valence-corrected chi connectivity index (χ1v) is 11.9. The molecule has 1 aliphatic heterocycles. The number of pyridine rings is 1. The highest BCUT2D eigenvalue weighted by Gasteiger charge is 2.34. The number of piperidine rings is 1. The van der Waals surface area contributed by atoms with Gasteiger partial charge in [0, 0.05) is 43.0 Å². The summed E-state index contributed by atoms with van der Waals surface area (Å²) in [4.78, 5) is 20.0. The van der Waals surface area contributed by atoms with E-state index < -0.39 is 35.0 Å². The van der Waals surface area contributed by atoms with Gasteiger partial charge in [0.2, 0.25) is 11.3 Å². The molecule has 9 nitrogen and oxygen atoms in total. The van der Waals surface area contributed by atoms with Crippen LogP contribution in [0.1, 0.15) is 36.6 Å². The molecular weight excluding hydrogens is 492 g/mol. The van der Waals surface area contributed by atoms with Gasteiger partial charge >= 0.3 is 12.2 Å². The number of nitrogens with one attached hydrogen (secondary N) is 4. The van der Waals surface area contributed by atoms with Gasteiger partial charge in [-0.15, -0.1) is 0 Å². The van der Waals surface area contributed by atoms with Crippen LogP contribution in [0.15, 0.2) is 30.3 Å². The maximum atomic E-state index is 14.2. The number of amides is 2. The van der Waals surface area contributed by atoms with Gasteiger partial charge in [0.1, 0.15) is 17.3 Å². The number of carbonyl (C=O) groups excluding carboxylic acids is 1. The van der Waals surface area contributed by atoms with Gasteiger partial charge in [-0.3, -0.25) is 4.55 Å². The van der Waals surface area contributed by atoms with Crippen LogP contribution in [0, 0.1) is 11.7 Å². The van der Waals surface area contributed by atoms with Crippen LogP contribution in [0.4, 0.5) is 33.9 Å². The quantitative estimate of drug-likeness (QED) is 0.207. The van der Waals surface area contributed by atoms with Crippen molar-refractivity contribution < 1.29 is 31.1 Å². The molecule has 1 fully saturated rings. The molecule has 1 atom stereocenters. The van der Waals surface area contributed by atoms with E-state index in [-0.39, 0.29) is 30.2 Å². The Morgan fingerprint density at radius 3 is 2.49 bits per heavy atom. The van der Waals surface area contributed by atoms with Crippen molar-refractivity contribution in [2.75, 3.05) is 23.3 Å². The van der Waals surface area contributed by atoms with Crippen molar-refractivity contribution in [2.24, 2.45) is 5.92 Å². The number of anilines is 2. The monoisotopic (exact) mass is 518 g/mol. The molecule has 192 valence electrons. The molecule has 1 aromatic carbocycles. The summed E-state index contributed by atoms with van der Waals surface area (Å²) in [5.74, 6) is 0.00333. The third-order valence-corrected chi connectivity index (χ3v) is 5.84. The Labute approximate surface area is 202 Å². The second-order valence-electron chi connectivity index (χ2n) is 8.17. The third kappa shape index (κ3) is 7.85. The summed E-state index contributed by atoms with van der Waals surface area (Å²) in [7, 11) is 0. The van der Waals surface area contributed by atoms with Gasteiger partial charge in [0.25, 0.3) is 0 Å². The molecule has 1 aliphatic rings. The van der Waals surface area contributed by atoms with Gasteiger partial charge < -0.3 is 15.5 Å². The fraction of sp³-hybridized carbons (Fsp3) is 0.429. The number of carbonyl (C=O) groups is 1. The van der Waals surface area contributed by atoms with Crippen molar-refractivity contribution >= 4 is 28.8 Å². The Balaban J connectivity index is 1.64. The highest BCUT2D eigenvalue weighted by Crippen LogP contribution is 2.32. The summed E-state index contributed by atoms with van der Waals surface area (Å²) < 4.78 is 73.0. The first kappa shape index (κ1) is 26.8. The predicted molar refractivity (Wildman–Crippen MR) is 123 cm³/mol. The van der Waals surface area contributed by atoms with Crippen LogP contribution < -0.4 is 25.8 Å². The van der Waals surface area contributed by atoms with Crippen molar-refractivity contribution in [3.05, 3.63) is 53.0 Å². The number of hydrogen-bond acceptors (Lipinski definition) is 5. The van der Waals surface area contributed by atoms with Crippen LogP contribution in [0.5, 0.6) is 0 Å². The molecule has 2 amide bonds. The zero-order valence-corrected chi connectivity index (χ0v) is 19.6. The van der Waals surface area contributed by atoms with E-state index in [9.17, 15) is 26.6 Å². The molecule has 5 N–H and O–H groups in total. The smallest absolute Gasteiger partial charge is 0.356 e. The molecule has 0 radical (unpaired) electrons. The van der Waals surface area contributed by atoms with E-state index in [4.69, 9.17) is 4.55 Å². The topological polar surface area (TPSA) is 119 Å². The standard InChI is InChI=1S/C21H26F4N6O3S/c1-13-6-8-31(9-7-13)19-15(3-5-18(29-19)21(23,24)25)11-26-20(32)28-16-4-2-14(17(22)10-16)12-27-30-35(33)34/h2-5,10,13,27,30H,6-9,11-12H2,1H3,(H,33,34)(H2,26,28,32). The van der Waals surface area contributed by atoms with E-state index in [1.165, 1.54) is 18.2 Å². The molecule has 0 spiro atoms. The van der Waals surface area contributed by atoms with Gasteiger partial charge in [-0.1, -0.05) is 19.1 Å². The average molecular weight is 519 g/mol. The molecule has 35 heavy (non-hydrogen) atoms. The number of rotatable bonds is 8. The summed E-state index contributed by atoms with van der Waals surface area (Å²) >= 11 is -2.30. The Hall–Kier alpha value is -2.81. The van der Waals surface area contributed by atoms with Crippen molar-refractivity contribution in [3.8, 4) is 0 Å². The fourth-order valence-electron chi connectivity index (χ4n) is 3.58. The van der Waals surface area contributed by atoms with Crippen LogP contribution >= 0.6 is 0 Å². The molecule has 1 aromatic heterocycles. The second-order valence-corrected chi connectivity index (χ2v) is 8.87. The number of nitrogens with zero attached hydrogens (tertiary/aromatic N) is 2. The van der Waals surface area contributed by atoms with E-state index >= 15 is 0 Å². The van der Waals surface area contributed by atoms with Crippen LogP contribution in [-0.2, 0) is 30.5 Å². The molecule has 0 bridgehead atoms. The summed E-state index contributed by atoms with van der Waals surface area (Å²) in [5, 5.41) is 5.04. The molecule has 0 aliphatic carbocycles. The molecule has 0 saturated carbocycles. The lowest BCUT2D eigenvalue weighted by Crippen LogP contribution is -2.35. The van der Waals surface area contributed by atoms with E-state index in [1.807, 2.05) is 4.83 Å². The number of alkyl halides is 3. The summed E-state index contributed by atoms with van der Waals surface area (Å²) in [5.41, 5.74) is 2.14. The van der Waals surface area contributed by atoms with Gasteiger partial charge in [0.15, 0.2) is 0 Å². The lowest BCUT2D eigenvalue weighted by atomic mass is 9.99. The van der Waals surface area contributed by atoms with E-state index in [2.05, 4.69) is 28.0 Å². The van der Waals surface area contributed by atoms with Gasteiger partial charge in [-0.2, -0.15) is 18.0 Å². The minimum Gasteiger partial charge on any atom is -0.356 e. The third-order valence-electron chi connectivity index (χ3n) is 5.52. The Morgan fingerprint density at radius 2 is 1.86 bits per heavy atom. The van der Waals surface area contributed by atoms with Gasteiger partial charge in [0.05, 0.1) is 0 Å². The van der Waals surface area contributed by atoms with E-state index in [0.29, 0.717) is 24.6 Å². The van der Waals surface area contributed by atoms with Crippen LogP contribution in [-0.4, -0.2) is 32.9 Å². The van der Waals surface area contributed by atoms with E-state index in [0.717, 1.165) is 25.0 Å². The summed E-state index contributed by atoms with van der Waals surface area (Å²) in [6.07, 6.45) is -2.93. The number of aromatic nitrogens is 1. The SMILES string of the molecule is CC1CCN(c2nc(C(F)(F)F)ccc2CNC(=O)Nc2ccc(CNNS(=O)O)c(F)c2)CC1. The summed E-state index contributed by atoms with van der Waals surface area (Å²) in [6.45, 7) is 3.07. The number of hydrazine groups is 1. The molecular formula is C21H26F4N6O3S. The minimum absolute atomic E-state index is 0.0766. The van der Waals surface area contributed by atoms with Crippen LogP contribution in [0.2, 0.25) is 0 Å². The zero-order chi connectivity index (χ0) is 25.6. The van der Waals surface area contributed by atoms with Crippen molar-refractivity contribution in [1.29, 1.82) is 0 Å².